The molecule has 4 heterocycles. The Morgan fingerprint density at radius 3 is 2.81 bits per heavy atom. The first-order valence-electron chi connectivity index (χ1n) is 9.62. The van der Waals surface area contributed by atoms with E-state index in [1.165, 1.54) is 19.3 Å². The van der Waals surface area contributed by atoms with Crippen molar-refractivity contribution >= 4 is 11.8 Å². The lowest BCUT2D eigenvalue weighted by Crippen LogP contribution is -2.31. The van der Waals surface area contributed by atoms with Gasteiger partial charge in [-0.05, 0) is 38.5 Å². The van der Waals surface area contributed by atoms with Crippen molar-refractivity contribution in [3.05, 3.63) is 23.5 Å². The van der Waals surface area contributed by atoms with Crippen molar-refractivity contribution in [3.63, 3.8) is 0 Å². The van der Waals surface area contributed by atoms with Gasteiger partial charge in [0.15, 0.2) is 5.82 Å². The number of hydrogen-bond donors (Lipinski definition) is 1. The maximum Gasteiger partial charge on any atom is 0.255 e. The number of ether oxygens (including phenoxy) is 1. The fourth-order valence-electron chi connectivity index (χ4n) is 3.40. The van der Waals surface area contributed by atoms with Crippen LogP contribution in [-0.2, 0) is 17.7 Å². The summed E-state index contributed by atoms with van der Waals surface area (Å²) in [7, 11) is 0. The molecule has 0 radical (unpaired) electrons. The van der Waals surface area contributed by atoms with E-state index in [4.69, 9.17) is 19.2 Å². The van der Waals surface area contributed by atoms with Crippen LogP contribution in [0.5, 0.6) is 0 Å². The summed E-state index contributed by atoms with van der Waals surface area (Å²) in [5.74, 6) is 2.82. The van der Waals surface area contributed by atoms with Crippen LogP contribution in [0.2, 0.25) is 0 Å². The van der Waals surface area contributed by atoms with Gasteiger partial charge >= 0.3 is 0 Å². The van der Waals surface area contributed by atoms with Gasteiger partial charge in [-0.3, -0.25) is 0 Å². The lowest BCUT2D eigenvalue weighted by molar-refractivity contribution is 0.0835. The Hall–Kier alpha value is -2.22. The van der Waals surface area contributed by atoms with Gasteiger partial charge in [0.05, 0.1) is 6.54 Å². The second-order valence-corrected chi connectivity index (χ2v) is 6.85. The molecular weight excluding hydrogens is 332 g/mol. The monoisotopic (exact) mass is 358 g/mol. The van der Waals surface area contributed by atoms with Crippen LogP contribution in [0.3, 0.4) is 0 Å². The van der Waals surface area contributed by atoms with Crippen LogP contribution in [-0.4, -0.2) is 39.8 Å². The number of hydrogen-bond acceptors (Lipinski definition) is 8. The highest BCUT2D eigenvalue weighted by Crippen LogP contribution is 2.27. The van der Waals surface area contributed by atoms with E-state index in [1.54, 1.807) is 0 Å². The number of aromatic nitrogens is 4. The zero-order valence-corrected chi connectivity index (χ0v) is 15.3. The van der Waals surface area contributed by atoms with Crippen LogP contribution in [0.4, 0.5) is 11.8 Å². The Labute approximate surface area is 153 Å². The first-order chi connectivity index (χ1) is 12.8. The summed E-state index contributed by atoms with van der Waals surface area (Å²) >= 11 is 0. The molecule has 26 heavy (non-hydrogen) atoms. The van der Waals surface area contributed by atoms with Gasteiger partial charge in [0.2, 0.25) is 5.95 Å². The quantitative estimate of drug-likeness (QED) is 0.843. The summed E-state index contributed by atoms with van der Waals surface area (Å²) in [6, 6.07) is 1.99. The first-order valence-corrected chi connectivity index (χ1v) is 9.62. The molecule has 2 aromatic rings. The van der Waals surface area contributed by atoms with E-state index in [0.717, 1.165) is 56.4 Å². The summed E-state index contributed by atoms with van der Waals surface area (Å²) in [5.41, 5.74) is 1.04. The largest absolute Gasteiger partial charge is 0.368 e. The summed E-state index contributed by atoms with van der Waals surface area (Å²) in [4.78, 5) is 16.1. The third-order valence-electron chi connectivity index (χ3n) is 4.89. The molecule has 4 rings (SSSR count). The van der Waals surface area contributed by atoms with Crippen molar-refractivity contribution in [3.8, 4) is 0 Å². The fraction of sp³-hybridized carbons (Fsp3) is 0.667. The smallest absolute Gasteiger partial charge is 0.255 e. The summed E-state index contributed by atoms with van der Waals surface area (Å²) < 4.78 is 10.9. The van der Waals surface area contributed by atoms with Crippen molar-refractivity contribution in [2.45, 2.75) is 58.1 Å². The second kappa shape index (κ2) is 7.99. The van der Waals surface area contributed by atoms with Crippen molar-refractivity contribution < 1.29 is 9.26 Å². The number of nitrogens with one attached hydrogen (secondary N) is 1. The molecule has 2 aliphatic heterocycles. The molecule has 2 aromatic heterocycles. The van der Waals surface area contributed by atoms with E-state index >= 15 is 0 Å². The molecule has 0 aliphatic carbocycles. The minimum absolute atomic E-state index is 0.0484. The molecule has 0 aromatic carbocycles. The maximum atomic E-state index is 5.59. The molecule has 0 amide bonds. The SMILES string of the molecule is CCc1cc(NCc2noc(C3CCCO3)n2)nc(N2CCCCC2)n1. The zero-order chi connectivity index (χ0) is 17.8. The van der Waals surface area contributed by atoms with Gasteiger partial charge in [-0.2, -0.15) is 9.97 Å². The van der Waals surface area contributed by atoms with Gasteiger partial charge in [-0.25, -0.2) is 4.98 Å². The molecule has 1 unspecified atom stereocenters. The molecule has 8 nitrogen and oxygen atoms in total. The fourth-order valence-corrected chi connectivity index (χ4v) is 3.40. The van der Waals surface area contributed by atoms with Crippen molar-refractivity contribution in [2.75, 3.05) is 29.9 Å². The number of anilines is 2. The summed E-state index contributed by atoms with van der Waals surface area (Å²) in [6.07, 6.45) is 6.52. The van der Waals surface area contributed by atoms with Crippen LogP contribution in [0.1, 0.15) is 62.5 Å². The highest BCUT2D eigenvalue weighted by Gasteiger charge is 2.23. The van der Waals surface area contributed by atoms with Crippen LogP contribution in [0.15, 0.2) is 10.6 Å². The van der Waals surface area contributed by atoms with E-state index < -0.39 is 0 Å². The van der Waals surface area contributed by atoms with E-state index in [2.05, 4.69) is 27.3 Å². The first kappa shape index (κ1) is 17.2. The van der Waals surface area contributed by atoms with E-state index in [0.29, 0.717) is 18.3 Å². The number of piperidine rings is 1. The average Bonchev–Trinajstić information content (AvgIpc) is 3.38. The number of nitrogens with zero attached hydrogens (tertiary/aromatic N) is 5. The van der Waals surface area contributed by atoms with Crippen LogP contribution in [0.25, 0.3) is 0 Å². The molecule has 2 fully saturated rings. The van der Waals surface area contributed by atoms with E-state index in [-0.39, 0.29) is 6.10 Å². The molecular formula is C18H26N6O2. The molecule has 1 atom stereocenters. The van der Waals surface area contributed by atoms with Gasteiger partial charge in [0.25, 0.3) is 5.89 Å². The molecule has 0 bridgehead atoms. The van der Waals surface area contributed by atoms with Crippen LogP contribution >= 0.6 is 0 Å². The Bertz CT molecular complexity index is 722. The molecule has 2 aliphatic rings. The minimum atomic E-state index is -0.0484. The third kappa shape index (κ3) is 3.95. The predicted molar refractivity (Wildman–Crippen MR) is 97.0 cm³/mol. The number of rotatable bonds is 6. The normalized spacial score (nSPS) is 20.5. The summed E-state index contributed by atoms with van der Waals surface area (Å²) in [5, 5.41) is 7.36. The molecule has 0 spiro atoms. The second-order valence-electron chi connectivity index (χ2n) is 6.85. The highest BCUT2D eigenvalue weighted by molar-refractivity contribution is 5.44. The topological polar surface area (TPSA) is 89.2 Å². The standard InChI is InChI=1S/C18H26N6O2/c1-2-13-11-15(22-18(20-13)24-8-4-3-5-9-24)19-12-16-21-17(26-23-16)14-7-6-10-25-14/h11,14H,2-10,12H2,1H3,(H,19,20,22). The van der Waals surface area contributed by atoms with Crippen molar-refractivity contribution in [1.29, 1.82) is 0 Å². The Morgan fingerprint density at radius 1 is 1.15 bits per heavy atom. The number of aryl methyl sites for hydroxylation is 1. The molecule has 2 saturated heterocycles. The lowest BCUT2D eigenvalue weighted by atomic mass is 10.1. The minimum Gasteiger partial charge on any atom is -0.368 e. The van der Waals surface area contributed by atoms with Gasteiger partial charge in [0.1, 0.15) is 11.9 Å². The van der Waals surface area contributed by atoms with Crippen molar-refractivity contribution in [2.24, 2.45) is 0 Å². The van der Waals surface area contributed by atoms with Gasteiger partial charge in [-0.15, -0.1) is 0 Å². The highest BCUT2D eigenvalue weighted by atomic mass is 16.5. The zero-order valence-electron chi connectivity index (χ0n) is 15.3. The van der Waals surface area contributed by atoms with E-state index in [1.807, 2.05) is 6.07 Å². The Kier molecular flexibility index (Phi) is 5.29. The van der Waals surface area contributed by atoms with Gasteiger partial charge in [0, 0.05) is 31.5 Å². The molecule has 0 saturated carbocycles. The third-order valence-corrected chi connectivity index (χ3v) is 4.89. The van der Waals surface area contributed by atoms with Crippen LogP contribution < -0.4 is 10.2 Å². The molecule has 1 N–H and O–H groups in total. The van der Waals surface area contributed by atoms with Crippen molar-refractivity contribution in [1.82, 2.24) is 20.1 Å². The van der Waals surface area contributed by atoms with E-state index in [9.17, 15) is 0 Å². The average molecular weight is 358 g/mol. The van der Waals surface area contributed by atoms with Crippen LogP contribution in [0, 0.1) is 0 Å². The maximum absolute atomic E-state index is 5.59. The molecule has 140 valence electrons. The molecule has 8 heteroatoms. The van der Waals surface area contributed by atoms with Gasteiger partial charge < -0.3 is 19.5 Å². The lowest BCUT2D eigenvalue weighted by Gasteiger charge is -2.27. The summed E-state index contributed by atoms with van der Waals surface area (Å²) in [6.45, 7) is 5.40. The Balaban J connectivity index is 1.43. The Morgan fingerprint density at radius 2 is 2.04 bits per heavy atom. The van der Waals surface area contributed by atoms with Gasteiger partial charge in [-0.1, -0.05) is 12.1 Å². The predicted octanol–water partition coefficient (Wildman–Crippen LogP) is 2.88.